The molecule has 188 valence electrons. The highest BCUT2D eigenvalue weighted by atomic mass is 35.5. The lowest BCUT2D eigenvalue weighted by molar-refractivity contribution is -0.139. The third-order valence-corrected chi connectivity index (χ3v) is 8.49. The van der Waals surface area contributed by atoms with Crippen LogP contribution in [0.25, 0.3) is 0 Å². The number of nitrogens with zero attached hydrogens (tertiary/aromatic N) is 2. The fraction of sp³-hybridized carbons (Fsp3) is 0.600. The van der Waals surface area contributed by atoms with Crippen LogP contribution in [0.5, 0.6) is 0 Å². The Hall–Kier alpha value is -2.17. The highest BCUT2D eigenvalue weighted by molar-refractivity contribution is 7.92. The van der Waals surface area contributed by atoms with Crippen LogP contribution in [-0.2, 0) is 20.8 Å². The second-order valence-corrected chi connectivity index (χ2v) is 10.9. The van der Waals surface area contributed by atoms with Crippen LogP contribution in [0, 0.1) is 11.3 Å². The number of nitrogens with one attached hydrogen (secondary N) is 2. The Morgan fingerprint density at radius 3 is 2.44 bits per heavy atom. The lowest BCUT2D eigenvalue weighted by atomic mass is 10.2. The van der Waals surface area contributed by atoms with E-state index in [0.717, 1.165) is 17.0 Å². The zero-order valence-electron chi connectivity index (χ0n) is 17.7. The first-order valence-electron chi connectivity index (χ1n) is 10.3. The van der Waals surface area contributed by atoms with Crippen LogP contribution in [0.2, 0.25) is 0 Å². The minimum absolute atomic E-state index is 0. The van der Waals surface area contributed by atoms with E-state index in [1.807, 2.05) is 6.07 Å². The van der Waals surface area contributed by atoms with Crippen molar-refractivity contribution in [2.45, 2.75) is 59.5 Å². The standard InChI is InChI=1S/C20H21F5N4O3S.ClH/c21-19(22)5-6-29(11-19)12-1-2-16(14(7-12)20(23,24)25)33(31,32)13-8-15(27-9-13)17(30)28-18(10-26)3-4-18;/h1-2,7,13,15,27H,3-6,8-9,11H2,(H,28,30);1H/t13-,15+;/m1./s1. The van der Waals surface area contributed by atoms with E-state index in [1.54, 1.807) is 0 Å². The largest absolute Gasteiger partial charge is 0.417 e. The van der Waals surface area contributed by atoms with Gasteiger partial charge in [0.1, 0.15) is 5.54 Å². The Morgan fingerprint density at radius 1 is 1.24 bits per heavy atom. The normalized spacial score (nSPS) is 25.4. The van der Waals surface area contributed by atoms with Crippen molar-refractivity contribution < 1.29 is 35.2 Å². The van der Waals surface area contributed by atoms with Crippen molar-refractivity contribution in [3.05, 3.63) is 23.8 Å². The van der Waals surface area contributed by atoms with Gasteiger partial charge in [0, 0.05) is 25.2 Å². The van der Waals surface area contributed by atoms with Crippen molar-refractivity contribution in [3.8, 4) is 6.07 Å². The van der Waals surface area contributed by atoms with Crippen LogP contribution in [-0.4, -0.2) is 56.7 Å². The van der Waals surface area contributed by atoms with Gasteiger partial charge in [0.2, 0.25) is 5.91 Å². The van der Waals surface area contributed by atoms with Gasteiger partial charge in [-0.25, -0.2) is 17.2 Å². The molecule has 2 saturated heterocycles. The summed E-state index contributed by atoms with van der Waals surface area (Å²) in [6.07, 6.45) is -4.83. The van der Waals surface area contributed by atoms with E-state index in [9.17, 15) is 35.2 Å². The van der Waals surface area contributed by atoms with E-state index in [0.29, 0.717) is 18.9 Å². The monoisotopic (exact) mass is 528 g/mol. The summed E-state index contributed by atoms with van der Waals surface area (Å²) in [5.74, 6) is -3.60. The van der Waals surface area contributed by atoms with Crippen molar-refractivity contribution in [2.75, 3.05) is 24.5 Å². The average molecular weight is 529 g/mol. The molecule has 7 nitrogen and oxygen atoms in total. The number of carbonyl (C=O) groups is 1. The predicted molar refractivity (Wildman–Crippen MR) is 114 cm³/mol. The molecule has 1 aromatic rings. The molecule has 1 aliphatic carbocycles. The zero-order chi connectivity index (χ0) is 24.2. The Balaban J connectivity index is 0.00000324. The molecule has 3 aliphatic rings. The predicted octanol–water partition coefficient (Wildman–Crippen LogP) is 2.65. The van der Waals surface area contributed by atoms with E-state index in [4.69, 9.17) is 5.26 Å². The molecule has 0 aromatic heterocycles. The van der Waals surface area contributed by atoms with E-state index < -0.39 is 68.1 Å². The summed E-state index contributed by atoms with van der Waals surface area (Å²) in [7, 11) is -4.51. The molecule has 2 N–H and O–H groups in total. The number of anilines is 1. The summed E-state index contributed by atoms with van der Waals surface area (Å²) in [5, 5.41) is 13.0. The van der Waals surface area contributed by atoms with Gasteiger partial charge < -0.3 is 15.5 Å². The molecule has 4 rings (SSSR count). The van der Waals surface area contributed by atoms with Crippen LogP contribution in [0.1, 0.15) is 31.2 Å². The number of benzene rings is 1. The SMILES string of the molecule is Cl.N#CC1(NC(=O)[C@@H]2C[C@@H](S(=O)(=O)c3ccc(N4CCC(F)(F)C4)cc3C(F)(F)F)CN2)CC1. The molecule has 0 spiro atoms. The van der Waals surface area contributed by atoms with E-state index in [-0.39, 0.29) is 37.6 Å². The maximum atomic E-state index is 13.8. The van der Waals surface area contributed by atoms with E-state index >= 15 is 0 Å². The highest BCUT2D eigenvalue weighted by Crippen LogP contribution is 2.40. The summed E-state index contributed by atoms with van der Waals surface area (Å²) in [6.45, 7) is -1.13. The number of carbonyl (C=O) groups excluding carboxylic acids is 1. The van der Waals surface area contributed by atoms with Crippen molar-refractivity contribution in [1.82, 2.24) is 10.6 Å². The molecule has 1 aromatic carbocycles. The van der Waals surface area contributed by atoms with E-state index in [2.05, 4.69) is 10.6 Å². The van der Waals surface area contributed by atoms with Gasteiger partial charge in [-0.15, -0.1) is 12.4 Å². The highest BCUT2D eigenvalue weighted by Gasteiger charge is 2.48. The fourth-order valence-corrected chi connectivity index (χ4v) is 6.03. The average Bonchev–Trinajstić information content (AvgIpc) is 3.15. The van der Waals surface area contributed by atoms with Crippen LogP contribution < -0.4 is 15.5 Å². The maximum Gasteiger partial charge on any atom is 0.417 e. The molecule has 1 saturated carbocycles. The number of sulfone groups is 1. The molecular weight excluding hydrogens is 507 g/mol. The smallest absolute Gasteiger partial charge is 0.365 e. The van der Waals surface area contributed by atoms with Crippen LogP contribution in [0.3, 0.4) is 0 Å². The second kappa shape index (κ2) is 8.80. The summed E-state index contributed by atoms with van der Waals surface area (Å²) >= 11 is 0. The van der Waals surface area contributed by atoms with Crippen LogP contribution >= 0.6 is 12.4 Å². The maximum absolute atomic E-state index is 13.8. The number of nitriles is 1. The quantitative estimate of drug-likeness (QED) is 0.570. The first-order chi connectivity index (χ1) is 15.3. The Labute approximate surface area is 199 Å². The molecule has 0 bridgehead atoms. The van der Waals surface area contributed by atoms with Gasteiger partial charge >= 0.3 is 6.18 Å². The molecule has 2 heterocycles. The summed E-state index contributed by atoms with van der Waals surface area (Å²) in [6, 6.07) is 3.50. The molecule has 2 aliphatic heterocycles. The van der Waals surface area contributed by atoms with Gasteiger partial charge in [-0.05, 0) is 37.5 Å². The number of amides is 1. The van der Waals surface area contributed by atoms with Crippen LogP contribution in [0.4, 0.5) is 27.6 Å². The van der Waals surface area contributed by atoms with Crippen molar-refractivity contribution in [1.29, 1.82) is 5.26 Å². The van der Waals surface area contributed by atoms with Gasteiger partial charge in [0.25, 0.3) is 5.92 Å². The minimum Gasteiger partial charge on any atom is -0.365 e. The number of hydrogen-bond donors (Lipinski definition) is 2. The summed E-state index contributed by atoms with van der Waals surface area (Å²) < 4.78 is 94.5. The number of rotatable bonds is 5. The molecule has 3 fully saturated rings. The molecule has 34 heavy (non-hydrogen) atoms. The molecule has 2 atom stereocenters. The van der Waals surface area contributed by atoms with Gasteiger partial charge in [-0.3, -0.25) is 4.79 Å². The number of hydrogen-bond acceptors (Lipinski definition) is 6. The van der Waals surface area contributed by atoms with E-state index in [1.165, 1.54) is 0 Å². The number of halogens is 6. The van der Waals surface area contributed by atoms with Crippen LogP contribution in [0.15, 0.2) is 23.1 Å². The molecule has 1 amide bonds. The molecular formula is C20H22ClF5N4O3S. The third-order valence-electron chi connectivity index (χ3n) is 6.28. The second-order valence-electron chi connectivity index (χ2n) is 8.75. The fourth-order valence-electron chi connectivity index (χ4n) is 4.17. The Kier molecular flexibility index (Phi) is 6.84. The van der Waals surface area contributed by atoms with Gasteiger partial charge in [-0.2, -0.15) is 18.4 Å². The van der Waals surface area contributed by atoms with Crippen molar-refractivity contribution >= 4 is 33.8 Å². The Bertz CT molecular complexity index is 1120. The zero-order valence-corrected chi connectivity index (χ0v) is 19.3. The summed E-state index contributed by atoms with van der Waals surface area (Å²) in [4.78, 5) is 12.5. The molecule has 0 radical (unpaired) electrons. The third kappa shape index (κ3) is 5.08. The Morgan fingerprint density at radius 2 is 1.91 bits per heavy atom. The molecule has 14 heteroatoms. The topological polar surface area (TPSA) is 102 Å². The van der Waals surface area contributed by atoms with Gasteiger partial charge in [0.05, 0.1) is 34.4 Å². The van der Waals surface area contributed by atoms with Gasteiger partial charge in [-0.1, -0.05) is 0 Å². The molecule has 0 unspecified atom stereocenters. The minimum atomic E-state index is -5.03. The first-order valence-corrected chi connectivity index (χ1v) is 11.9. The first kappa shape index (κ1) is 26.4. The van der Waals surface area contributed by atoms with Gasteiger partial charge in [0.15, 0.2) is 9.84 Å². The summed E-state index contributed by atoms with van der Waals surface area (Å²) in [5.41, 5.74) is -2.52. The lowest BCUT2D eigenvalue weighted by Crippen LogP contribution is -2.45. The van der Waals surface area contributed by atoms with Crippen molar-refractivity contribution in [2.24, 2.45) is 0 Å². The lowest BCUT2D eigenvalue weighted by Gasteiger charge is -2.22. The number of alkyl halides is 5. The van der Waals surface area contributed by atoms with Crippen molar-refractivity contribution in [3.63, 3.8) is 0 Å².